The average molecular weight is 254 g/mol. The Kier molecular flexibility index (Phi) is 5.56. The van der Waals surface area contributed by atoms with Gasteiger partial charge in [-0.3, -0.25) is 0 Å². The lowest BCUT2D eigenvalue weighted by molar-refractivity contribution is -0.147. The molecule has 1 atom stereocenters. The van der Waals surface area contributed by atoms with E-state index in [1.807, 2.05) is 6.26 Å². The lowest BCUT2D eigenvalue weighted by Crippen LogP contribution is -2.27. The summed E-state index contributed by atoms with van der Waals surface area (Å²) in [4.78, 5) is 22.5. The van der Waals surface area contributed by atoms with Crippen molar-refractivity contribution in [3.05, 3.63) is 35.9 Å². The van der Waals surface area contributed by atoms with Crippen LogP contribution in [0.3, 0.4) is 0 Å². The van der Waals surface area contributed by atoms with Crippen LogP contribution in [0.2, 0.25) is 0 Å². The molecule has 0 heterocycles. The van der Waals surface area contributed by atoms with E-state index in [0.29, 0.717) is 17.7 Å². The fourth-order valence-corrected chi connectivity index (χ4v) is 1.68. The normalized spacial score (nSPS) is 11.8. The van der Waals surface area contributed by atoms with E-state index in [2.05, 4.69) is 0 Å². The smallest absolute Gasteiger partial charge is 0.345 e. The van der Waals surface area contributed by atoms with Crippen molar-refractivity contribution < 1.29 is 19.4 Å². The van der Waals surface area contributed by atoms with Gasteiger partial charge in [0.15, 0.2) is 6.10 Å². The number of carbonyl (C=O) groups excluding carboxylic acids is 1. The molecule has 0 aliphatic rings. The van der Waals surface area contributed by atoms with Gasteiger partial charge in [-0.15, -0.1) is 0 Å². The quantitative estimate of drug-likeness (QED) is 0.787. The van der Waals surface area contributed by atoms with Crippen LogP contribution in [0.1, 0.15) is 16.8 Å². The van der Waals surface area contributed by atoms with E-state index in [4.69, 9.17) is 9.84 Å². The number of esters is 1. The molecule has 0 aromatic heterocycles. The lowest BCUT2D eigenvalue weighted by Gasteiger charge is -2.12. The van der Waals surface area contributed by atoms with Crippen LogP contribution >= 0.6 is 11.8 Å². The van der Waals surface area contributed by atoms with Crippen molar-refractivity contribution in [3.8, 4) is 0 Å². The maximum Gasteiger partial charge on any atom is 0.345 e. The minimum atomic E-state index is -1.11. The zero-order valence-electron chi connectivity index (χ0n) is 9.46. The summed E-state index contributed by atoms with van der Waals surface area (Å²) in [7, 11) is 0. The Balaban J connectivity index is 2.61. The molecule has 0 saturated heterocycles. The molecule has 1 aromatic rings. The van der Waals surface area contributed by atoms with Gasteiger partial charge >= 0.3 is 11.9 Å². The van der Waals surface area contributed by atoms with Crippen molar-refractivity contribution in [1.29, 1.82) is 0 Å². The van der Waals surface area contributed by atoms with E-state index in [1.165, 1.54) is 11.8 Å². The van der Waals surface area contributed by atoms with Gasteiger partial charge in [0, 0.05) is 6.42 Å². The van der Waals surface area contributed by atoms with Gasteiger partial charge in [-0.2, -0.15) is 11.8 Å². The van der Waals surface area contributed by atoms with Crippen LogP contribution in [0.25, 0.3) is 0 Å². The van der Waals surface area contributed by atoms with Gasteiger partial charge in [0.2, 0.25) is 0 Å². The molecule has 0 aliphatic heterocycles. The number of aliphatic carboxylic acids is 1. The number of carboxylic acids is 1. The summed E-state index contributed by atoms with van der Waals surface area (Å²) in [6.45, 7) is 0. The molecule has 0 spiro atoms. The highest BCUT2D eigenvalue weighted by atomic mass is 32.2. The topological polar surface area (TPSA) is 63.6 Å². The number of thioether (sulfide) groups is 1. The van der Waals surface area contributed by atoms with Gasteiger partial charge in [-0.1, -0.05) is 18.2 Å². The maximum atomic E-state index is 11.6. The lowest BCUT2D eigenvalue weighted by atomic mass is 10.2. The van der Waals surface area contributed by atoms with Crippen molar-refractivity contribution >= 4 is 23.7 Å². The maximum absolute atomic E-state index is 11.6. The van der Waals surface area contributed by atoms with Crippen molar-refractivity contribution in [2.75, 3.05) is 12.0 Å². The van der Waals surface area contributed by atoms with E-state index in [0.717, 1.165) is 0 Å². The van der Waals surface area contributed by atoms with Gasteiger partial charge in [-0.25, -0.2) is 9.59 Å². The summed E-state index contributed by atoms with van der Waals surface area (Å²) in [5.41, 5.74) is 0.364. The third-order valence-electron chi connectivity index (χ3n) is 2.12. The Morgan fingerprint density at radius 3 is 2.53 bits per heavy atom. The molecule has 0 fully saturated rings. The molecule has 1 aromatic carbocycles. The number of carbonyl (C=O) groups is 2. The van der Waals surface area contributed by atoms with E-state index >= 15 is 0 Å². The zero-order valence-corrected chi connectivity index (χ0v) is 10.3. The van der Waals surface area contributed by atoms with Crippen LogP contribution in [-0.2, 0) is 9.53 Å². The first kappa shape index (κ1) is 13.6. The molecular formula is C12H14O4S. The Hall–Kier alpha value is -1.49. The minimum Gasteiger partial charge on any atom is -0.479 e. The van der Waals surface area contributed by atoms with Crippen LogP contribution in [0.15, 0.2) is 30.3 Å². The average Bonchev–Trinajstić information content (AvgIpc) is 2.35. The summed E-state index contributed by atoms with van der Waals surface area (Å²) < 4.78 is 4.95. The minimum absolute atomic E-state index is 0.315. The largest absolute Gasteiger partial charge is 0.479 e. The Labute approximate surface area is 104 Å². The molecule has 1 unspecified atom stereocenters. The monoisotopic (exact) mass is 254 g/mol. The highest BCUT2D eigenvalue weighted by Gasteiger charge is 2.22. The molecule has 92 valence electrons. The second kappa shape index (κ2) is 6.96. The standard InChI is InChI=1S/C12H14O4S/c1-17-8-7-10(11(13)14)16-12(15)9-5-3-2-4-6-9/h2-6,10H,7-8H2,1H3,(H,13,14). The predicted molar refractivity (Wildman–Crippen MR) is 66.3 cm³/mol. The van der Waals surface area contributed by atoms with Crippen LogP contribution < -0.4 is 0 Å². The highest BCUT2D eigenvalue weighted by molar-refractivity contribution is 7.98. The summed E-state index contributed by atoms with van der Waals surface area (Å²) in [6.07, 6.45) is 1.11. The first-order valence-electron chi connectivity index (χ1n) is 5.13. The SMILES string of the molecule is CSCCC(OC(=O)c1ccccc1)C(=O)O. The number of hydrogen-bond acceptors (Lipinski definition) is 4. The van der Waals surface area contributed by atoms with Gasteiger partial charge < -0.3 is 9.84 Å². The molecule has 0 radical (unpaired) electrons. The van der Waals surface area contributed by atoms with Gasteiger partial charge in [0.25, 0.3) is 0 Å². The van der Waals surface area contributed by atoms with Gasteiger partial charge in [0.05, 0.1) is 5.56 Å². The highest BCUT2D eigenvalue weighted by Crippen LogP contribution is 2.09. The first-order valence-corrected chi connectivity index (χ1v) is 6.52. The van der Waals surface area contributed by atoms with Crippen molar-refractivity contribution in [3.63, 3.8) is 0 Å². The third-order valence-corrected chi connectivity index (χ3v) is 2.76. The number of benzene rings is 1. The zero-order chi connectivity index (χ0) is 12.7. The number of rotatable bonds is 6. The van der Waals surface area contributed by atoms with Crippen molar-refractivity contribution in [1.82, 2.24) is 0 Å². The summed E-state index contributed by atoms with van der Waals surface area (Å²) in [6, 6.07) is 8.37. The molecule has 1 rings (SSSR count). The van der Waals surface area contributed by atoms with Crippen LogP contribution in [-0.4, -0.2) is 35.2 Å². The van der Waals surface area contributed by atoms with Gasteiger partial charge in [-0.05, 0) is 24.1 Å². The molecule has 17 heavy (non-hydrogen) atoms. The van der Waals surface area contributed by atoms with E-state index in [-0.39, 0.29) is 0 Å². The molecule has 0 bridgehead atoms. The van der Waals surface area contributed by atoms with E-state index in [1.54, 1.807) is 30.3 Å². The summed E-state index contributed by atoms with van der Waals surface area (Å²) >= 11 is 1.52. The van der Waals surface area contributed by atoms with Crippen molar-refractivity contribution in [2.45, 2.75) is 12.5 Å². The number of hydrogen-bond donors (Lipinski definition) is 1. The fraction of sp³-hybridized carbons (Fsp3) is 0.333. The Bertz CT molecular complexity index is 377. The van der Waals surface area contributed by atoms with Crippen LogP contribution in [0, 0.1) is 0 Å². The third kappa shape index (κ3) is 4.48. The molecule has 0 saturated carbocycles. The molecule has 5 heteroatoms. The van der Waals surface area contributed by atoms with Crippen molar-refractivity contribution in [2.24, 2.45) is 0 Å². The first-order chi connectivity index (χ1) is 8.15. The van der Waals surface area contributed by atoms with Crippen LogP contribution in [0.5, 0.6) is 0 Å². The number of ether oxygens (including phenoxy) is 1. The predicted octanol–water partition coefficient (Wildman–Crippen LogP) is 2.05. The number of carboxylic acid groups (broad SMARTS) is 1. The molecule has 0 aliphatic carbocycles. The van der Waals surface area contributed by atoms with Gasteiger partial charge in [0.1, 0.15) is 0 Å². The van der Waals surface area contributed by atoms with E-state index < -0.39 is 18.0 Å². The molecule has 4 nitrogen and oxygen atoms in total. The van der Waals surface area contributed by atoms with E-state index in [9.17, 15) is 9.59 Å². The fourth-order valence-electron chi connectivity index (χ4n) is 1.23. The second-order valence-corrected chi connectivity index (χ2v) is 4.37. The summed E-state index contributed by atoms with van der Waals surface area (Å²) in [5, 5.41) is 8.91. The molecule has 1 N–H and O–H groups in total. The molecule has 0 amide bonds. The van der Waals surface area contributed by atoms with Crippen LogP contribution in [0.4, 0.5) is 0 Å². The second-order valence-electron chi connectivity index (χ2n) is 3.38. The molecular weight excluding hydrogens is 240 g/mol. The summed E-state index contributed by atoms with van der Waals surface area (Å²) in [5.74, 6) is -1.07. The Morgan fingerprint density at radius 2 is 2.00 bits per heavy atom. The Morgan fingerprint density at radius 1 is 1.35 bits per heavy atom.